The van der Waals surface area contributed by atoms with Crippen LogP contribution in [0.15, 0.2) is 4.99 Å². The quantitative estimate of drug-likeness (QED) is 0.0401. The molecule has 1 fully saturated rings. The Morgan fingerprint density at radius 1 is 0.774 bits per heavy atom. The van der Waals surface area contributed by atoms with Gasteiger partial charge in [-0.1, -0.05) is 35.4 Å². The number of nitrogens with one attached hydrogen (secondary N) is 6. The van der Waals surface area contributed by atoms with Crippen LogP contribution in [0.4, 0.5) is 0 Å². The maximum Gasteiger partial charge on any atom is 0.327 e. The van der Waals surface area contributed by atoms with Crippen molar-refractivity contribution < 1.29 is 53.7 Å². The average Bonchev–Trinajstić information content (AvgIpc) is 3.06. The summed E-state index contributed by atoms with van der Waals surface area (Å²) in [6.07, 6.45) is -2.33. The number of amides is 7. The molecule has 0 aromatic carbocycles. The van der Waals surface area contributed by atoms with Crippen molar-refractivity contribution in [3.05, 3.63) is 0 Å². The molecular formula is C29H51N11O11S2. The van der Waals surface area contributed by atoms with Gasteiger partial charge in [-0.25, -0.2) is 4.79 Å². The summed E-state index contributed by atoms with van der Waals surface area (Å²) in [6.45, 7) is 3.64. The monoisotopic (exact) mass is 793 g/mol. The van der Waals surface area contributed by atoms with Crippen LogP contribution in [0.2, 0.25) is 0 Å². The number of rotatable bonds is 11. The van der Waals surface area contributed by atoms with Crippen molar-refractivity contribution in [3.63, 3.8) is 0 Å². The van der Waals surface area contributed by atoms with Gasteiger partial charge < -0.3 is 70.2 Å². The fourth-order valence-electron chi connectivity index (χ4n) is 4.58. The van der Waals surface area contributed by atoms with E-state index in [2.05, 4.69) is 36.9 Å². The lowest BCUT2D eigenvalue weighted by Crippen LogP contribution is -2.62. The summed E-state index contributed by atoms with van der Waals surface area (Å²) >= 11 is 0. The number of nitrogens with two attached hydrogens (primary N) is 4. The van der Waals surface area contributed by atoms with Gasteiger partial charge in [-0.15, -0.1) is 0 Å². The zero-order valence-corrected chi connectivity index (χ0v) is 31.2. The summed E-state index contributed by atoms with van der Waals surface area (Å²) in [4.78, 5) is 107. The van der Waals surface area contributed by atoms with E-state index in [0.29, 0.717) is 0 Å². The lowest BCUT2D eigenvalue weighted by molar-refractivity contribution is -0.142. The minimum absolute atomic E-state index is 0.0140. The Kier molecular flexibility index (Phi) is 20.5. The van der Waals surface area contributed by atoms with Crippen LogP contribution in [0.3, 0.4) is 0 Å². The third-order valence-electron chi connectivity index (χ3n) is 7.35. The molecule has 1 rings (SSSR count). The molecule has 0 aliphatic carbocycles. The van der Waals surface area contributed by atoms with Crippen molar-refractivity contribution in [2.24, 2.45) is 33.8 Å². The Hall–Kier alpha value is -4.39. The van der Waals surface area contributed by atoms with E-state index in [-0.39, 0.29) is 49.2 Å². The molecule has 1 aliphatic heterocycles. The van der Waals surface area contributed by atoms with E-state index >= 15 is 0 Å². The van der Waals surface area contributed by atoms with Crippen molar-refractivity contribution in [1.82, 2.24) is 31.9 Å². The molecular weight excluding hydrogens is 743 g/mol. The molecule has 0 aromatic rings. The minimum atomic E-state index is -1.80. The first-order valence-electron chi connectivity index (χ1n) is 16.4. The number of hydrogen-bond acceptors (Lipinski definition) is 14. The molecule has 0 aromatic heterocycles. The largest absolute Gasteiger partial charge is 0.480 e. The standard InChI is InChI=1S/C29H51N11O11S2/c1-12(2)7-16-24(46)39-19(28(50)51)11-53-52-10-14(30)22(44)35-15(5-4-6-34-29(32)33)23(45)38-18(9-41)26(48)36-17(8-20(31)43)25(47)40-21(13(3)42)27(49)37-16/h12-19,21,41-42H,4-11,30H2,1-3H3,(H2,31,43)(H,35,44)(H,36,48)(H,37,49)(H,38,45)(H,39,46)(H,40,47)(H,50,51)(H4,32,33,34)/t13-,14-,15-,16-,17-,18+,19-,21+/m1/s1. The molecule has 0 unspecified atom stereocenters. The van der Waals surface area contributed by atoms with Gasteiger partial charge in [0.15, 0.2) is 5.96 Å². The lowest BCUT2D eigenvalue weighted by Gasteiger charge is -2.28. The number of guanidine groups is 1. The third-order valence-corrected chi connectivity index (χ3v) is 9.80. The Balaban J connectivity index is 3.58. The van der Waals surface area contributed by atoms with Gasteiger partial charge in [0.2, 0.25) is 41.4 Å². The molecule has 7 amide bonds. The molecule has 300 valence electrons. The van der Waals surface area contributed by atoms with Crippen LogP contribution in [0, 0.1) is 5.92 Å². The van der Waals surface area contributed by atoms with Crippen LogP contribution in [0.5, 0.6) is 0 Å². The highest BCUT2D eigenvalue weighted by atomic mass is 33.1. The summed E-state index contributed by atoms with van der Waals surface area (Å²) in [5.41, 5.74) is 22.0. The smallest absolute Gasteiger partial charge is 0.327 e. The number of carboxylic acid groups (broad SMARTS) is 1. The van der Waals surface area contributed by atoms with Gasteiger partial charge in [0.25, 0.3) is 0 Å². The van der Waals surface area contributed by atoms with Crippen molar-refractivity contribution in [1.29, 1.82) is 0 Å². The van der Waals surface area contributed by atoms with Crippen molar-refractivity contribution in [2.45, 2.75) is 94.9 Å². The van der Waals surface area contributed by atoms with Crippen LogP contribution in [-0.2, 0) is 38.4 Å². The van der Waals surface area contributed by atoms with E-state index in [0.717, 1.165) is 28.5 Å². The van der Waals surface area contributed by atoms with Crippen LogP contribution in [0.25, 0.3) is 0 Å². The Bertz CT molecular complexity index is 1350. The predicted molar refractivity (Wildman–Crippen MR) is 194 cm³/mol. The summed E-state index contributed by atoms with van der Waals surface area (Å²) in [7, 11) is 1.98. The van der Waals surface area contributed by atoms with Gasteiger partial charge in [0.1, 0.15) is 36.3 Å². The van der Waals surface area contributed by atoms with Crippen LogP contribution in [0.1, 0.15) is 46.5 Å². The fourth-order valence-corrected chi connectivity index (χ4v) is 6.86. The Morgan fingerprint density at radius 2 is 1.30 bits per heavy atom. The van der Waals surface area contributed by atoms with Crippen LogP contribution < -0.4 is 54.8 Å². The van der Waals surface area contributed by atoms with Gasteiger partial charge in [-0.05, 0) is 32.1 Å². The molecule has 0 saturated carbocycles. The molecule has 53 heavy (non-hydrogen) atoms. The highest BCUT2D eigenvalue weighted by Gasteiger charge is 2.36. The molecule has 1 aliphatic rings. The van der Waals surface area contributed by atoms with E-state index < -0.39 is 109 Å². The predicted octanol–water partition coefficient (Wildman–Crippen LogP) is -5.95. The Labute approximate surface area is 313 Å². The number of aliphatic carboxylic acids is 1. The Morgan fingerprint density at radius 3 is 1.85 bits per heavy atom. The number of carbonyl (C=O) groups excluding carboxylic acids is 7. The second-order valence-corrected chi connectivity index (χ2v) is 15.0. The highest BCUT2D eigenvalue weighted by molar-refractivity contribution is 8.76. The number of primary amides is 1. The van der Waals surface area contributed by atoms with E-state index in [1.807, 2.05) is 0 Å². The minimum Gasteiger partial charge on any atom is -0.480 e. The summed E-state index contributed by atoms with van der Waals surface area (Å²) < 4.78 is 0. The van der Waals surface area contributed by atoms with Crippen LogP contribution >= 0.6 is 21.6 Å². The zero-order valence-electron chi connectivity index (χ0n) is 29.5. The van der Waals surface area contributed by atoms with Crippen LogP contribution in [-0.4, -0.2) is 142 Å². The summed E-state index contributed by atoms with van der Waals surface area (Å²) in [6, 6.07) is -10.7. The number of aliphatic hydroxyl groups is 2. The van der Waals surface area contributed by atoms with Crippen molar-refractivity contribution in [3.8, 4) is 0 Å². The first-order chi connectivity index (χ1) is 24.8. The molecule has 8 atom stereocenters. The molecule has 24 heteroatoms. The first-order valence-corrected chi connectivity index (χ1v) is 18.9. The maximum atomic E-state index is 13.4. The van der Waals surface area contributed by atoms with E-state index in [4.69, 9.17) is 22.9 Å². The molecule has 0 bridgehead atoms. The van der Waals surface area contributed by atoms with Crippen molar-refractivity contribution >= 4 is 74.9 Å². The molecule has 22 nitrogen and oxygen atoms in total. The first kappa shape index (κ1) is 46.6. The normalized spacial score (nSPS) is 26.8. The number of hydrogen-bond donors (Lipinski definition) is 13. The molecule has 0 spiro atoms. The van der Waals surface area contributed by atoms with Gasteiger partial charge in [0, 0.05) is 18.1 Å². The second kappa shape index (κ2) is 23.3. The molecule has 1 saturated heterocycles. The number of nitrogens with zero attached hydrogens (tertiary/aromatic N) is 1. The van der Waals surface area contributed by atoms with E-state index in [9.17, 15) is 53.7 Å². The van der Waals surface area contributed by atoms with Crippen molar-refractivity contribution in [2.75, 3.05) is 24.7 Å². The lowest BCUT2D eigenvalue weighted by atomic mass is 10.0. The van der Waals surface area contributed by atoms with E-state index in [1.165, 1.54) is 0 Å². The fraction of sp³-hybridized carbons (Fsp3) is 0.690. The molecule has 0 radical (unpaired) electrons. The van der Waals surface area contributed by atoms with Gasteiger partial charge in [-0.3, -0.25) is 38.6 Å². The second-order valence-electron chi connectivity index (χ2n) is 12.5. The van der Waals surface area contributed by atoms with Gasteiger partial charge in [-0.2, -0.15) is 0 Å². The SMILES string of the molecule is CC(C)C[C@H]1NC(=O)[C@H]([C@@H](C)O)NC(=O)[C@@H](CC(N)=O)NC(=O)[C@H](CO)NC(=O)[C@@H](CCCN=C(N)N)NC(=O)[C@H](N)CSSC[C@H](C(=O)O)NC1=O. The van der Waals surface area contributed by atoms with Gasteiger partial charge in [0.05, 0.1) is 25.2 Å². The topological polar surface area (TPSA) is 386 Å². The number of aliphatic hydroxyl groups excluding tert-OH is 2. The maximum absolute atomic E-state index is 13.4. The van der Waals surface area contributed by atoms with Gasteiger partial charge >= 0.3 is 5.97 Å². The zero-order chi connectivity index (χ0) is 40.4. The highest BCUT2D eigenvalue weighted by Crippen LogP contribution is 2.23. The number of carboxylic acids is 1. The number of carbonyl (C=O) groups is 8. The molecule has 17 N–H and O–H groups in total. The third kappa shape index (κ3) is 17.3. The number of aliphatic imine (C=N–C) groups is 1. The summed E-state index contributed by atoms with van der Waals surface area (Å²) in [5.74, 6) is -9.25. The summed E-state index contributed by atoms with van der Waals surface area (Å²) in [5, 5.41) is 44.1. The molecule has 1 heterocycles. The average molecular weight is 794 g/mol. The van der Waals surface area contributed by atoms with E-state index in [1.54, 1.807) is 13.8 Å².